The number of urea groups is 1. The lowest BCUT2D eigenvalue weighted by Crippen LogP contribution is -2.50. The van der Waals surface area contributed by atoms with Gasteiger partial charge in [-0.1, -0.05) is 65.5 Å². The Morgan fingerprint density at radius 3 is 2.25 bits per heavy atom. The SMILES string of the molecule is CC(C)CCC[C@@H](C)[C@H]1CC[C@H]2[C@@H]3CC=C4C[C@@H](O)CC[C@]4(C)[C@H]3CC[C@]12C.NC(N)=O.O=c1[nH]c(=O)c2[nH]c(=O)[nH]c2[nH]1. The standard InChI is InChI=1S/C27H46O.C5H4N4O3.CH4N2O/c1-18(2)7-6-8-19(3)23-11-12-24-22-10-9-20-17-21(28)13-15-26(20,4)25(22)14-16-27(23,24)5;10-3-1-2(7-4(11)6-1)8-5(12)9-3;2-1(3)4/h9,18-19,21-25,28H,6-8,10-17H2,1-5H3;(H4,6,7,8,9,10,11,12);(H4,2,3,4)/t19-,21+,22+,23-,24+,25+,26+,27-;;/m1../s1. The highest BCUT2D eigenvalue weighted by Crippen LogP contribution is 2.67. The fourth-order valence-electron chi connectivity index (χ4n) is 9.62. The number of aliphatic hydroxyl groups is 1. The Kier molecular flexibility index (Phi) is 10.4. The molecule has 8 atom stereocenters. The van der Waals surface area contributed by atoms with Gasteiger partial charge in [-0.2, -0.15) is 0 Å². The van der Waals surface area contributed by atoms with Crippen molar-refractivity contribution in [3.8, 4) is 0 Å². The van der Waals surface area contributed by atoms with Crippen LogP contribution < -0.4 is 28.4 Å². The summed E-state index contributed by atoms with van der Waals surface area (Å²) in [6.07, 6.45) is 17.2. The Morgan fingerprint density at radius 1 is 0.932 bits per heavy atom. The number of H-pyrrole nitrogens is 4. The zero-order chi connectivity index (χ0) is 32.4. The molecule has 3 fully saturated rings. The zero-order valence-electron chi connectivity index (χ0n) is 27.1. The summed E-state index contributed by atoms with van der Waals surface area (Å²) in [4.78, 5) is 50.0. The molecule has 2 amide bonds. The number of carbonyl (C=O) groups is 1. The average molecular weight is 615 g/mol. The van der Waals surface area contributed by atoms with Gasteiger partial charge in [0.2, 0.25) is 0 Å². The van der Waals surface area contributed by atoms with Crippen molar-refractivity contribution < 1.29 is 9.90 Å². The Labute approximate surface area is 259 Å². The molecule has 0 unspecified atom stereocenters. The monoisotopic (exact) mass is 614 g/mol. The van der Waals surface area contributed by atoms with Crippen LogP contribution in [0.25, 0.3) is 11.2 Å². The molecule has 3 saturated carbocycles. The van der Waals surface area contributed by atoms with Gasteiger partial charge in [0, 0.05) is 0 Å². The van der Waals surface area contributed by atoms with Crippen LogP contribution in [0.3, 0.4) is 0 Å². The molecule has 0 aromatic carbocycles. The third-order valence-electron chi connectivity index (χ3n) is 11.7. The predicted molar refractivity (Wildman–Crippen MR) is 173 cm³/mol. The Morgan fingerprint density at radius 2 is 1.59 bits per heavy atom. The quantitative estimate of drug-likeness (QED) is 0.240. The van der Waals surface area contributed by atoms with Gasteiger partial charge in [-0.3, -0.25) is 24.7 Å². The maximum absolute atomic E-state index is 10.9. The van der Waals surface area contributed by atoms with Crippen LogP contribution in [-0.4, -0.2) is 37.2 Å². The largest absolute Gasteiger partial charge is 0.393 e. The molecule has 6 rings (SSSR count). The molecule has 0 radical (unpaired) electrons. The number of aromatic nitrogens is 4. The smallest absolute Gasteiger partial charge is 0.327 e. The number of primary amides is 2. The second-order valence-electron chi connectivity index (χ2n) is 14.8. The highest BCUT2D eigenvalue weighted by Gasteiger charge is 2.59. The number of imidazole rings is 1. The van der Waals surface area contributed by atoms with Gasteiger partial charge >= 0.3 is 17.4 Å². The summed E-state index contributed by atoms with van der Waals surface area (Å²) >= 11 is 0. The number of hydrogen-bond acceptors (Lipinski definition) is 5. The lowest BCUT2D eigenvalue weighted by Gasteiger charge is -2.58. The first-order valence-corrected chi connectivity index (χ1v) is 16.5. The number of nitrogens with two attached hydrogens (primary N) is 2. The van der Waals surface area contributed by atoms with E-state index >= 15 is 0 Å². The summed E-state index contributed by atoms with van der Waals surface area (Å²) in [5.41, 5.74) is 9.45. The van der Waals surface area contributed by atoms with Gasteiger partial charge < -0.3 is 16.6 Å². The van der Waals surface area contributed by atoms with E-state index < -0.39 is 23.0 Å². The van der Waals surface area contributed by atoms with Crippen LogP contribution in [0.4, 0.5) is 4.79 Å². The number of rotatable bonds is 5. The number of hydrogen-bond donors (Lipinski definition) is 7. The van der Waals surface area contributed by atoms with Crippen LogP contribution in [0.2, 0.25) is 0 Å². The first kappa shape index (κ1) is 33.8. The fraction of sp³-hybridized carbons (Fsp3) is 0.758. The van der Waals surface area contributed by atoms with Crippen molar-refractivity contribution in [3.05, 3.63) is 43.0 Å². The van der Waals surface area contributed by atoms with E-state index in [1.54, 1.807) is 5.57 Å². The minimum Gasteiger partial charge on any atom is -0.393 e. The van der Waals surface area contributed by atoms with Crippen molar-refractivity contribution >= 4 is 17.2 Å². The predicted octanol–water partition coefficient (Wildman–Crippen LogP) is 4.65. The fourth-order valence-corrected chi connectivity index (χ4v) is 9.62. The second-order valence-corrected chi connectivity index (χ2v) is 14.8. The van der Waals surface area contributed by atoms with E-state index in [9.17, 15) is 19.5 Å². The zero-order valence-corrected chi connectivity index (χ0v) is 27.1. The highest BCUT2D eigenvalue weighted by molar-refractivity contribution is 5.69. The molecule has 11 nitrogen and oxygen atoms in total. The van der Waals surface area contributed by atoms with Crippen LogP contribution in [-0.2, 0) is 0 Å². The summed E-state index contributed by atoms with van der Waals surface area (Å²) in [6, 6.07) is -0.833. The van der Waals surface area contributed by atoms with E-state index in [4.69, 9.17) is 4.79 Å². The van der Waals surface area contributed by atoms with Crippen molar-refractivity contribution in [2.75, 3.05) is 0 Å². The molecule has 246 valence electrons. The number of fused-ring (bicyclic) bond motifs is 6. The van der Waals surface area contributed by atoms with Crippen molar-refractivity contribution in [2.24, 2.45) is 57.8 Å². The molecule has 2 aromatic heterocycles. The van der Waals surface area contributed by atoms with Crippen LogP contribution in [0.5, 0.6) is 0 Å². The van der Waals surface area contributed by atoms with E-state index in [2.05, 4.69) is 67.1 Å². The van der Waals surface area contributed by atoms with E-state index in [1.807, 2.05) is 4.98 Å². The van der Waals surface area contributed by atoms with Crippen molar-refractivity contribution in [1.29, 1.82) is 0 Å². The van der Waals surface area contributed by atoms with Gasteiger partial charge in [0.15, 0.2) is 0 Å². The molecule has 44 heavy (non-hydrogen) atoms. The Hall–Kier alpha value is -3.08. The number of amides is 2. The molecule has 4 aliphatic rings. The van der Waals surface area contributed by atoms with Gasteiger partial charge in [0.1, 0.15) is 11.2 Å². The highest BCUT2D eigenvalue weighted by atomic mass is 16.3. The number of nitrogens with one attached hydrogen (secondary N) is 4. The third kappa shape index (κ3) is 7.08. The number of carbonyl (C=O) groups excluding carboxylic acids is 1. The average Bonchev–Trinajstić information content (AvgIpc) is 3.48. The molecular weight excluding hydrogens is 560 g/mol. The molecule has 2 aromatic rings. The van der Waals surface area contributed by atoms with Crippen molar-refractivity contribution in [3.63, 3.8) is 0 Å². The summed E-state index contributed by atoms with van der Waals surface area (Å²) in [5.74, 6) is 5.46. The van der Waals surface area contributed by atoms with Gasteiger partial charge in [-0.25, -0.2) is 14.4 Å². The van der Waals surface area contributed by atoms with E-state index in [0.717, 1.165) is 48.3 Å². The minimum absolute atomic E-state index is 0.0413. The second kappa shape index (κ2) is 13.5. The first-order valence-electron chi connectivity index (χ1n) is 16.5. The third-order valence-corrected chi connectivity index (χ3v) is 11.7. The number of aliphatic hydroxyl groups excluding tert-OH is 1. The molecule has 4 aliphatic carbocycles. The minimum atomic E-state index is -0.833. The van der Waals surface area contributed by atoms with Crippen LogP contribution in [0.15, 0.2) is 26.0 Å². The summed E-state index contributed by atoms with van der Waals surface area (Å²) in [7, 11) is 0. The molecule has 0 spiro atoms. The van der Waals surface area contributed by atoms with E-state index in [0.29, 0.717) is 10.8 Å². The molecule has 2 heterocycles. The van der Waals surface area contributed by atoms with Crippen LogP contribution in [0.1, 0.15) is 105 Å². The molecule has 11 heteroatoms. The van der Waals surface area contributed by atoms with E-state index in [1.165, 1.54) is 57.8 Å². The Bertz CT molecular complexity index is 1500. The van der Waals surface area contributed by atoms with Gasteiger partial charge in [-0.05, 0) is 97.7 Å². The lowest BCUT2D eigenvalue weighted by atomic mass is 9.47. The number of allylic oxidation sites excluding steroid dienone is 1. The van der Waals surface area contributed by atoms with Crippen LogP contribution >= 0.6 is 0 Å². The number of aromatic amines is 4. The van der Waals surface area contributed by atoms with Gasteiger partial charge in [0.25, 0.3) is 5.56 Å². The van der Waals surface area contributed by atoms with E-state index in [-0.39, 0.29) is 17.3 Å². The maximum atomic E-state index is 10.9. The van der Waals surface area contributed by atoms with Crippen molar-refractivity contribution in [1.82, 2.24) is 19.9 Å². The summed E-state index contributed by atoms with van der Waals surface area (Å²) in [5, 5.41) is 10.2. The van der Waals surface area contributed by atoms with Gasteiger partial charge in [0.05, 0.1) is 6.10 Å². The topological polar surface area (TPSA) is 204 Å². The van der Waals surface area contributed by atoms with Gasteiger partial charge in [-0.15, -0.1) is 0 Å². The maximum Gasteiger partial charge on any atom is 0.327 e. The molecule has 9 N–H and O–H groups in total. The normalized spacial score (nSPS) is 33.1. The summed E-state index contributed by atoms with van der Waals surface area (Å²) in [6.45, 7) is 12.6. The lowest BCUT2D eigenvalue weighted by molar-refractivity contribution is -0.0573. The van der Waals surface area contributed by atoms with Crippen molar-refractivity contribution in [2.45, 2.75) is 111 Å². The summed E-state index contributed by atoms with van der Waals surface area (Å²) < 4.78 is 0. The first-order chi connectivity index (χ1) is 20.7. The molecular formula is C33H54N6O5. The van der Waals surface area contributed by atoms with Crippen LogP contribution in [0, 0.1) is 46.3 Å². The molecule has 0 aliphatic heterocycles. The molecule has 0 bridgehead atoms. The Balaban J connectivity index is 0.000000227. The molecule has 0 saturated heterocycles.